The third-order valence-corrected chi connectivity index (χ3v) is 5.59. The molecule has 144 valence electrons. The summed E-state index contributed by atoms with van der Waals surface area (Å²) in [7, 11) is 2.11. The van der Waals surface area contributed by atoms with Crippen molar-refractivity contribution < 1.29 is 14.6 Å². The van der Waals surface area contributed by atoms with Crippen molar-refractivity contribution >= 4 is 0 Å². The van der Waals surface area contributed by atoms with Crippen LogP contribution >= 0.6 is 0 Å². The van der Waals surface area contributed by atoms with Crippen LogP contribution in [0.15, 0.2) is 36.0 Å². The number of benzene rings is 1. The number of fused-ring (bicyclic) bond motifs is 1. The molecule has 0 spiro atoms. The van der Waals surface area contributed by atoms with Gasteiger partial charge in [0.05, 0.1) is 18.8 Å². The molecule has 1 heterocycles. The van der Waals surface area contributed by atoms with E-state index in [9.17, 15) is 5.11 Å². The normalized spacial score (nSPS) is 25.2. The number of allylic oxidation sites excluding steroid dienone is 1. The molecular formula is C22H33NO3. The molecule has 1 saturated heterocycles. The zero-order chi connectivity index (χ0) is 18.4. The number of para-hydroxylation sites is 2. The summed E-state index contributed by atoms with van der Waals surface area (Å²) < 4.78 is 11.5. The third-order valence-electron chi connectivity index (χ3n) is 5.59. The molecule has 1 aliphatic heterocycles. The van der Waals surface area contributed by atoms with Crippen LogP contribution in [0.4, 0.5) is 0 Å². The average molecular weight is 360 g/mol. The predicted molar refractivity (Wildman–Crippen MR) is 105 cm³/mol. The second-order valence-electron chi connectivity index (χ2n) is 7.55. The van der Waals surface area contributed by atoms with Gasteiger partial charge in [-0.3, -0.25) is 0 Å². The maximum absolute atomic E-state index is 9.37. The Morgan fingerprint density at radius 1 is 1.04 bits per heavy atom. The molecule has 2 unspecified atom stereocenters. The Labute approximate surface area is 157 Å². The first-order valence-corrected chi connectivity index (χ1v) is 10.2. The van der Waals surface area contributed by atoms with E-state index in [4.69, 9.17) is 9.47 Å². The van der Waals surface area contributed by atoms with Crippen LogP contribution in [0, 0.1) is 5.92 Å². The molecule has 3 aliphatic rings. The number of ether oxygens (including phenoxy) is 2. The van der Waals surface area contributed by atoms with Crippen LogP contribution in [-0.2, 0) is 0 Å². The van der Waals surface area contributed by atoms with Gasteiger partial charge in [-0.25, -0.2) is 0 Å². The molecule has 0 bridgehead atoms. The highest BCUT2D eigenvalue weighted by Gasteiger charge is 2.29. The lowest BCUT2D eigenvalue weighted by Crippen LogP contribution is -2.20. The number of hydrogen-bond donors (Lipinski definition) is 1. The van der Waals surface area contributed by atoms with Crippen LogP contribution in [0.5, 0.6) is 11.5 Å². The van der Waals surface area contributed by atoms with Gasteiger partial charge in [-0.15, -0.1) is 0 Å². The predicted octanol–water partition coefficient (Wildman–Crippen LogP) is 4.38. The average Bonchev–Trinajstić information content (AvgIpc) is 3.28. The number of aliphatic hydroxyl groups excluding tert-OH is 1. The molecule has 4 nitrogen and oxygen atoms in total. The van der Waals surface area contributed by atoms with Crippen molar-refractivity contribution in [2.75, 3.05) is 20.2 Å². The van der Waals surface area contributed by atoms with Crippen LogP contribution in [0.3, 0.4) is 0 Å². The fraction of sp³-hybridized carbons (Fsp3) is 0.636. The first-order chi connectivity index (χ1) is 12.7. The number of rotatable bonds is 4. The summed E-state index contributed by atoms with van der Waals surface area (Å²) >= 11 is 0. The van der Waals surface area contributed by atoms with E-state index in [0.717, 1.165) is 23.8 Å². The second-order valence-corrected chi connectivity index (χ2v) is 7.55. The molecule has 26 heavy (non-hydrogen) atoms. The van der Waals surface area contributed by atoms with Crippen molar-refractivity contribution in [1.82, 2.24) is 4.90 Å². The smallest absolute Gasteiger partial charge is 0.161 e. The van der Waals surface area contributed by atoms with Gasteiger partial charge < -0.3 is 19.5 Å². The first kappa shape index (κ1) is 19.1. The molecule has 0 amide bonds. The molecule has 1 saturated carbocycles. The molecule has 1 N–H and O–H groups in total. The van der Waals surface area contributed by atoms with Crippen molar-refractivity contribution in [3.8, 4) is 11.5 Å². The van der Waals surface area contributed by atoms with Gasteiger partial charge in [0.15, 0.2) is 11.5 Å². The number of likely N-dealkylation sites (tertiary alicyclic amines) is 1. The Bertz CT molecular complexity index is 595. The van der Waals surface area contributed by atoms with Crippen molar-refractivity contribution in [3.05, 3.63) is 36.0 Å². The highest BCUT2D eigenvalue weighted by atomic mass is 16.5. The molecule has 4 heteroatoms. The summed E-state index contributed by atoms with van der Waals surface area (Å²) in [6.07, 6.45) is 10.6. The van der Waals surface area contributed by atoms with E-state index in [1.54, 1.807) is 0 Å². The molecule has 0 radical (unpaired) electrons. The van der Waals surface area contributed by atoms with Crippen LogP contribution in [0.25, 0.3) is 0 Å². The zero-order valence-electron chi connectivity index (χ0n) is 16.2. The summed E-state index contributed by atoms with van der Waals surface area (Å²) in [4.78, 5) is 2.27. The van der Waals surface area contributed by atoms with Gasteiger partial charge in [0, 0.05) is 25.2 Å². The van der Waals surface area contributed by atoms with Crippen molar-refractivity contribution in [2.45, 2.75) is 64.1 Å². The van der Waals surface area contributed by atoms with E-state index < -0.39 is 0 Å². The Morgan fingerprint density at radius 2 is 1.77 bits per heavy atom. The van der Waals surface area contributed by atoms with Crippen molar-refractivity contribution in [2.24, 2.45) is 5.92 Å². The largest absolute Gasteiger partial charge is 0.490 e. The van der Waals surface area contributed by atoms with Crippen LogP contribution < -0.4 is 9.47 Å². The number of nitrogens with zero attached hydrogens (tertiary/aromatic N) is 1. The highest BCUT2D eigenvalue weighted by molar-refractivity contribution is 5.39. The molecular weight excluding hydrogens is 326 g/mol. The Balaban J connectivity index is 0.000000158. The minimum atomic E-state index is -0.179. The summed E-state index contributed by atoms with van der Waals surface area (Å²) in [6.45, 7) is 3.85. The Morgan fingerprint density at radius 3 is 2.50 bits per heavy atom. The fourth-order valence-electron chi connectivity index (χ4n) is 4.15. The molecule has 2 aliphatic carbocycles. The minimum absolute atomic E-state index is 0.179. The van der Waals surface area contributed by atoms with Crippen LogP contribution in [0.1, 0.15) is 51.9 Å². The SMILES string of the molecule is CCOc1ccccc1OC1CCCC1.CN1CCC2CCC(O)C=C21. The monoisotopic (exact) mass is 359 g/mol. The van der Waals surface area contributed by atoms with Gasteiger partial charge in [-0.1, -0.05) is 12.1 Å². The van der Waals surface area contributed by atoms with E-state index in [2.05, 4.69) is 11.9 Å². The third kappa shape index (κ3) is 4.94. The maximum Gasteiger partial charge on any atom is 0.161 e. The lowest BCUT2D eigenvalue weighted by atomic mass is 9.91. The number of hydrogen-bond acceptors (Lipinski definition) is 4. The molecule has 2 atom stereocenters. The molecule has 1 aromatic carbocycles. The van der Waals surface area contributed by atoms with Gasteiger partial charge in [0.1, 0.15) is 0 Å². The van der Waals surface area contributed by atoms with Crippen molar-refractivity contribution in [1.29, 1.82) is 0 Å². The maximum atomic E-state index is 9.37. The van der Waals surface area contributed by atoms with E-state index in [0.29, 0.717) is 12.7 Å². The van der Waals surface area contributed by atoms with Crippen LogP contribution in [-0.4, -0.2) is 42.4 Å². The van der Waals surface area contributed by atoms with Gasteiger partial charge in [-0.2, -0.15) is 0 Å². The quantitative estimate of drug-likeness (QED) is 0.866. The van der Waals surface area contributed by atoms with E-state index in [1.807, 2.05) is 37.3 Å². The Kier molecular flexibility index (Phi) is 6.84. The van der Waals surface area contributed by atoms with E-state index in [-0.39, 0.29) is 6.10 Å². The number of aliphatic hydroxyl groups is 1. The molecule has 4 rings (SSSR count). The minimum Gasteiger partial charge on any atom is -0.490 e. The fourth-order valence-corrected chi connectivity index (χ4v) is 4.15. The Hall–Kier alpha value is -1.68. The summed E-state index contributed by atoms with van der Waals surface area (Å²) in [5, 5.41) is 9.37. The molecule has 0 aromatic heterocycles. The standard InChI is InChI=1S/C13H18O2.C9H15NO/c1-2-14-12-9-5-6-10-13(12)15-11-7-3-4-8-11;1-10-5-4-7-2-3-8(11)6-9(7)10/h5-6,9-11H,2-4,7-8H2,1H3;6-8,11H,2-5H2,1H3. The summed E-state index contributed by atoms with van der Waals surface area (Å²) in [5.41, 5.74) is 1.38. The lowest BCUT2D eigenvalue weighted by Gasteiger charge is -2.24. The van der Waals surface area contributed by atoms with Gasteiger partial charge in [-0.05, 0) is 70.1 Å². The first-order valence-electron chi connectivity index (χ1n) is 10.2. The second kappa shape index (κ2) is 9.31. The van der Waals surface area contributed by atoms with Crippen LogP contribution in [0.2, 0.25) is 0 Å². The highest BCUT2D eigenvalue weighted by Crippen LogP contribution is 2.34. The lowest BCUT2D eigenvalue weighted by molar-refractivity contribution is 0.189. The zero-order valence-corrected chi connectivity index (χ0v) is 16.2. The van der Waals surface area contributed by atoms with E-state index >= 15 is 0 Å². The van der Waals surface area contributed by atoms with Gasteiger partial charge >= 0.3 is 0 Å². The van der Waals surface area contributed by atoms with E-state index in [1.165, 1.54) is 50.8 Å². The summed E-state index contributed by atoms with van der Waals surface area (Å²) in [5.74, 6) is 2.52. The molecule has 1 aromatic rings. The summed E-state index contributed by atoms with van der Waals surface area (Å²) in [6, 6.07) is 7.93. The topological polar surface area (TPSA) is 41.9 Å². The van der Waals surface area contributed by atoms with Gasteiger partial charge in [0.2, 0.25) is 0 Å². The molecule has 2 fully saturated rings. The van der Waals surface area contributed by atoms with Crippen molar-refractivity contribution in [3.63, 3.8) is 0 Å². The van der Waals surface area contributed by atoms with Gasteiger partial charge in [0.25, 0.3) is 0 Å².